The summed E-state index contributed by atoms with van der Waals surface area (Å²) in [6.45, 7) is 5.85. The Morgan fingerprint density at radius 1 is 1.35 bits per heavy atom. The summed E-state index contributed by atoms with van der Waals surface area (Å²) >= 11 is 3.60. The molecule has 4 nitrogen and oxygen atoms in total. The summed E-state index contributed by atoms with van der Waals surface area (Å²) in [5.74, 6) is 0.943. The lowest BCUT2D eigenvalue weighted by molar-refractivity contribution is -0.173. The number of aliphatic hydroxyl groups is 1. The molecule has 4 aliphatic rings. The summed E-state index contributed by atoms with van der Waals surface area (Å²) < 4.78 is 5.86. The molecule has 0 aromatic carbocycles. The Labute approximate surface area is 163 Å². The van der Waals surface area contributed by atoms with E-state index in [2.05, 4.69) is 35.9 Å². The number of fused-ring (bicyclic) bond motifs is 5. The van der Waals surface area contributed by atoms with Gasteiger partial charge in [-0.3, -0.25) is 9.59 Å². The van der Waals surface area contributed by atoms with E-state index in [0.29, 0.717) is 18.3 Å². The number of ether oxygens (including phenoxy) is 1. The smallest absolute Gasteiger partial charge is 0.302 e. The van der Waals surface area contributed by atoms with Crippen LogP contribution in [0.25, 0.3) is 0 Å². The SMILES string of the molecule is CC(=O)OC1C[C@]2(C)C(=O)[C@H](Br)CC2C2CC=C3C[C@@H](O)CC[C@]3(C)C12. The third-order valence-corrected chi connectivity index (χ3v) is 8.80. The lowest BCUT2D eigenvalue weighted by atomic mass is 9.47. The standard InChI is InChI=1S/C21H29BrO4/c1-11(23)26-17-10-21(3)15(9-16(22)19(21)25)14-5-4-12-8-13(24)6-7-20(12,2)18(14)17/h4,13-18,24H,5-10H2,1-3H3/t13-,14?,15?,16+,17?,18?,20-,21-/m0/s1. The van der Waals surface area contributed by atoms with Gasteiger partial charge in [-0.1, -0.05) is 41.4 Å². The van der Waals surface area contributed by atoms with Crippen LogP contribution in [0.1, 0.15) is 59.3 Å². The number of hydrogen-bond donors (Lipinski definition) is 1. The van der Waals surface area contributed by atoms with E-state index in [1.165, 1.54) is 12.5 Å². The molecule has 1 N–H and O–H groups in total. The highest BCUT2D eigenvalue weighted by molar-refractivity contribution is 9.10. The van der Waals surface area contributed by atoms with Gasteiger partial charge in [-0.2, -0.15) is 0 Å². The van der Waals surface area contributed by atoms with Gasteiger partial charge in [0.15, 0.2) is 5.78 Å². The van der Waals surface area contributed by atoms with Gasteiger partial charge in [0.05, 0.1) is 10.9 Å². The zero-order chi connectivity index (χ0) is 18.9. The van der Waals surface area contributed by atoms with E-state index in [-0.39, 0.29) is 40.1 Å². The van der Waals surface area contributed by atoms with E-state index < -0.39 is 5.41 Å². The molecular weight excluding hydrogens is 396 g/mol. The minimum Gasteiger partial charge on any atom is -0.462 e. The van der Waals surface area contributed by atoms with Gasteiger partial charge in [0.25, 0.3) is 0 Å². The van der Waals surface area contributed by atoms with E-state index >= 15 is 0 Å². The van der Waals surface area contributed by atoms with Gasteiger partial charge in [0.1, 0.15) is 6.10 Å². The second-order valence-electron chi connectivity index (χ2n) is 9.41. The summed E-state index contributed by atoms with van der Waals surface area (Å²) in [6, 6.07) is 0. The molecule has 0 heterocycles. The number of aliphatic hydroxyl groups excluding tert-OH is 1. The van der Waals surface area contributed by atoms with Crippen molar-refractivity contribution in [2.45, 2.75) is 76.3 Å². The fourth-order valence-electron chi connectivity index (χ4n) is 6.81. The molecular formula is C21H29BrO4. The molecule has 144 valence electrons. The van der Waals surface area contributed by atoms with Gasteiger partial charge < -0.3 is 9.84 Å². The first kappa shape index (κ1) is 18.7. The van der Waals surface area contributed by atoms with Crippen LogP contribution in [0.3, 0.4) is 0 Å². The summed E-state index contributed by atoms with van der Waals surface area (Å²) in [6.07, 6.45) is 6.74. The molecule has 0 amide bonds. The van der Waals surface area contributed by atoms with Gasteiger partial charge in [-0.25, -0.2) is 0 Å². The molecule has 0 radical (unpaired) electrons. The van der Waals surface area contributed by atoms with Crippen LogP contribution in [0.2, 0.25) is 0 Å². The number of carbonyl (C=O) groups excluding carboxylic acids is 2. The highest BCUT2D eigenvalue weighted by atomic mass is 79.9. The normalized spacial score (nSPS) is 50.3. The van der Waals surface area contributed by atoms with E-state index in [0.717, 1.165) is 32.1 Å². The molecule has 4 rings (SSSR count). The van der Waals surface area contributed by atoms with Crippen molar-refractivity contribution in [1.82, 2.24) is 0 Å². The van der Waals surface area contributed by atoms with Crippen molar-refractivity contribution in [1.29, 1.82) is 0 Å². The van der Waals surface area contributed by atoms with Crippen LogP contribution in [0.15, 0.2) is 11.6 Å². The van der Waals surface area contributed by atoms with E-state index in [4.69, 9.17) is 4.74 Å². The molecule has 8 atom stereocenters. The van der Waals surface area contributed by atoms with Crippen LogP contribution in [-0.2, 0) is 14.3 Å². The van der Waals surface area contributed by atoms with Crippen LogP contribution in [-0.4, -0.2) is 33.9 Å². The summed E-state index contributed by atoms with van der Waals surface area (Å²) in [5, 5.41) is 10.2. The molecule has 0 aromatic heterocycles. The molecule has 0 spiro atoms. The van der Waals surface area contributed by atoms with E-state index in [1.54, 1.807) is 0 Å². The van der Waals surface area contributed by atoms with Crippen LogP contribution in [0.4, 0.5) is 0 Å². The molecule has 3 fully saturated rings. The van der Waals surface area contributed by atoms with Crippen molar-refractivity contribution in [2.24, 2.45) is 28.6 Å². The van der Waals surface area contributed by atoms with Crippen LogP contribution >= 0.6 is 15.9 Å². The Kier molecular flexibility index (Phi) is 4.43. The van der Waals surface area contributed by atoms with Gasteiger partial charge in [-0.05, 0) is 55.8 Å². The van der Waals surface area contributed by atoms with E-state index in [9.17, 15) is 14.7 Å². The first-order valence-electron chi connectivity index (χ1n) is 9.90. The molecule has 26 heavy (non-hydrogen) atoms. The topological polar surface area (TPSA) is 63.6 Å². The third kappa shape index (κ3) is 2.56. The summed E-state index contributed by atoms with van der Waals surface area (Å²) in [5.41, 5.74) is 0.875. The maximum atomic E-state index is 12.9. The second-order valence-corrected chi connectivity index (χ2v) is 10.5. The maximum absolute atomic E-state index is 12.9. The number of esters is 1. The Hall–Kier alpha value is -0.680. The number of allylic oxidation sites excluding steroid dienone is 1. The summed E-state index contributed by atoms with van der Waals surface area (Å²) in [7, 11) is 0. The number of hydrogen-bond acceptors (Lipinski definition) is 4. The summed E-state index contributed by atoms with van der Waals surface area (Å²) in [4.78, 5) is 24.7. The minimum atomic E-state index is -0.411. The maximum Gasteiger partial charge on any atom is 0.302 e. The molecule has 4 unspecified atom stereocenters. The van der Waals surface area contributed by atoms with Gasteiger partial charge >= 0.3 is 5.97 Å². The average Bonchev–Trinajstić information content (AvgIpc) is 2.78. The van der Waals surface area contributed by atoms with Gasteiger partial charge in [-0.15, -0.1) is 0 Å². The van der Waals surface area contributed by atoms with Crippen molar-refractivity contribution in [3.63, 3.8) is 0 Å². The van der Waals surface area contributed by atoms with Crippen molar-refractivity contribution < 1.29 is 19.4 Å². The highest BCUT2D eigenvalue weighted by Crippen LogP contribution is 2.65. The number of Topliss-reactive ketones (excluding diaryl/α,β-unsaturated/α-hetero) is 1. The molecule has 0 aliphatic heterocycles. The lowest BCUT2D eigenvalue weighted by Gasteiger charge is -2.58. The Morgan fingerprint density at radius 2 is 2.08 bits per heavy atom. The lowest BCUT2D eigenvalue weighted by Crippen LogP contribution is -2.57. The van der Waals surface area contributed by atoms with Crippen molar-refractivity contribution in [3.8, 4) is 0 Å². The first-order chi connectivity index (χ1) is 12.2. The molecule has 5 heteroatoms. The fourth-order valence-corrected chi connectivity index (χ4v) is 7.74. The zero-order valence-corrected chi connectivity index (χ0v) is 17.4. The Bertz CT molecular complexity index is 673. The van der Waals surface area contributed by atoms with Gasteiger partial charge in [0, 0.05) is 18.3 Å². The predicted molar refractivity (Wildman–Crippen MR) is 102 cm³/mol. The Morgan fingerprint density at radius 3 is 2.77 bits per heavy atom. The second kappa shape index (κ2) is 6.16. The quantitative estimate of drug-likeness (QED) is 0.395. The predicted octanol–water partition coefficient (Wildman–Crippen LogP) is 3.79. The third-order valence-electron chi connectivity index (χ3n) is 8.01. The number of alkyl halides is 1. The van der Waals surface area contributed by atoms with Crippen LogP contribution in [0.5, 0.6) is 0 Å². The molecule has 3 saturated carbocycles. The van der Waals surface area contributed by atoms with Crippen LogP contribution < -0.4 is 0 Å². The first-order valence-corrected chi connectivity index (χ1v) is 10.8. The van der Waals surface area contributed by atoms with Gasteiger partial charge in [0.2, 0.25) is 0 Å². The highest BCUT2D eigenvalue weighted by Gasteiger charge is 2.64. The number of ketones is 1. The Balaban J connectivity index is 1.78. The largest absolute Gasteiger partial charge is 0.462 e. The fraction of sp³-hybridized carbons (Fsp3) is 0.810. The molecule has 0 aromatic rings. The van der Waals surface area contributed by atoms with Crippen molar-refractivity contribution >= 4 is 27.7 Å². The monoisotopic (exact) mass is 424 g/mol. The van der Waals surface area contributed by atoms with Crippen LogP contribution in [0, 0.1) is 28.6 Å². The van der Waals surface area contributed by atoms with Crippen molar-refractivity contribution in [3.05, 3.63) is 11.6 Å². The molecule has 0 saturated heterocycles. The number of carbonyl (C=O) groups is 2. The van der Waals surface area contributed by atoms with E-state index in [1.807, 2.05) is 0 Å². The minimum absolute atomic E-state index is 0.0446. The average molecular weight is 425 g/mol. The molecule has 0 bridgehead atoms. The van der Waals surface area contributed by atoms with Crippen molar-refractivity contribution in [2.75, 3.05) is 0 Å². The molecule has 4 aliphatic carbocycles. The zero-order valence-electron chi connectivity index (χ0n) is 15.8. The number of halogens is 1. The number of rotatable bonds is 1.